The van der Waals surface area contributed by atoms with Crippen LogP contribution < -0.4 is 5.32 Å². The molecule has 2 unspecified atom stereocenters. The zero-order chi connectivity index (χ0) is 11.5. The van der Waals surface area contributed by atoms with E-state index in [0.717, 1.165) is 18.9 Å². The molecule has 0 fully saturated rings. The van der Waals surface area contributed by atoms with Crippen LogP contribution in [0.3, 0.4) is 0 Å². The van der Waals surface area contributed by atoms with Crippen LogP contribution in [-0.2, 0) is 6.42 Å². The van der Waals surface area contributed by atoms with Crippen LogP contribution in [-0.4, -0.2) is 6.54 Å². The van der Waals surface area contributed by atoms with E-state index in [1.54, 1.807) is 0 Å². The van der Waals surface area contributed by atoms with Crippen molar-refractivity contribution in [1.29, 1.82) is 0 Å². The van der Waals surface area contributed by atoms with E-state index in [9.17, 15) is 0 Å². The number of hydrogen-bond acceptors (Lipinski definition) is 2. The van der Waals surface area contributed by atoms with Crippen molar-refractivity contribution in [2.45, 2.75) is 44.6 Å². The highest BCUT2D eigenvalue weighted by molar-refractivity contribution is 5.24. The van der Waals surface area contributed by atoms with Gasteiger partial charge in [-0.15, -0.1) is 0 Å². The number of furan rings is 1. The highest BCUT2D eigenvalue weighted by Crippen LogP contribution is 2.30. The topological polar surface area (TPSA) is 25.2 Å². The molecular formula is C15H21NO. The van der Waals surface area contributed by atoms with E-state index in [4.69, 9.17) is 4.42 Å². The van der Waals surface area contributed by atoms with Gasteiger partial charge < -0.3 is 9.73 Å². The Labute approximate surface area is 103 Å². The molecule has 3 rings (SSSR count). The summed E-state index contributed by atoms with van der Waals surface area (Å²) in [5.41, 5.74) is 1.41. The molecule has 1 N–H and O–H groups in total. The van der Waals surface area contributed by atoms with E-state index in [2.05, 4.69) is 23.5 Å². The lowest BCUT2D eigenvalue weighted by atomic mass is 9.91. The molecule has 1 aromatic rings. The first-order chi connectivity index (χ1) is 8.43. The Hall–Kier alpha value is -1.02. The van der Waals surface area contributed by atoms with Gasteiger partial charge in [-0.2, -0.15) is 0 Å². The fraction of sp³-hybridized carbons (Fsp3) is 0.600. The second-order valence-electron chi connectivity index (χ2n) is 5.30. The Morgan fingerprint density at radius 2 is 2.29 bits per heavy atom. The van der Waals surface area contributed by atoms with Gasteiger partial charge in [0.05, 0.1) is 6.26 Å². The van der Waals surface area contributed by atoms with Gasteiger partial charge in [0.15, 0.2) is 0 Å². The quantitative estimate of drug-likeness (QED) is 0.804. The lowest BCUT2D eigenvalue weighted by Crippen LogP contribution is -2.29. The van der Waals surface area contributed by atoms with Gasteiger partial charge in [0.1, 0.15) is 5.76 Å². The summed E-state index contributed by atoms with van der Waals surface area (Å²) in [5.74, 6) is 2.04. The third-order valence-corrected chi connectivity index (χ3v) is 4.08. The van der Waals surface area contributed by atoms with Crippen molar-refractivity contribution in [2.24, 2.45) is 5.92 Å². The second kappa shape index (κ2) is 5.09. The van der Waals surface area contributed by atoms with E-state index < -0.39 is 0 Å². The molecule has 2 heteroatoms. The molecule has 0 aliphatic heterocycles. The first-order valence-corrected chi connectivity index (χ1v) is 6.88. The van der Waals surface area contributed by atoms with Gasteiger partial charge in [0.25, 0.3) is 0 Å². The molecule has 17 heavy (non-hydrogen) atoms. The summed E-state index contributed by atoms with van der Waals surface area (Å²) in [6.45, 7) is 1.15. The largest absolute Gasteiger partial charge is 0.469 e. The summed E-state index contributed by atoms with van der Waals surface area (Å²) in [6.07, 6.45) is 14.0. The van der Waals surface area contributed by atoms with Crippen LogP contribution in [0.5, 0.6) is 0 Å². The summed E-state index contributed by atoms with van der Waals surface area (Å²) < 4.78 is 5.53. The highest BCUT2D eigenvalue weighted by atomic mass is 16.3. The molecule has 2 nitrogen and oxygen atoms in total. The van der Waals surface area contributed by atoms with Crippen molar-refractivity contribution in [2.75, 3.05) is 6.54 Å². The average Bonchev–Trinajstić information content (AvgIpc) is 2.86. The van der Waals surface area contributed by atoms with Crippen molar-refractivity contribution < 1.29 is 4.42 Å². The molecule has 1 heterocycles. The van der Waals surface area contributed by atoms with E-state index in [0.29, 0.717) is 6.04 Å². The first-order valence-electron chi connectivity index (χ1n) is 6.88. The molecular weight excluding hydrogens is 210 g/mol. The maximum absolute atomic E-state index is 5.53. The van der Waals surface area contributed by atoms with Gasteiger partial charge >= 0.3 is 0 Å². The van der Waals surface area contributed by atoms with E-state index in [1.165, 1.54) is 43.4 Å². The van der Waals surface area contributed by atoms with Crippen molar-refractivity contribution >= 4 is 0 Å². The van der Waals surface area contributed by atoms with Gasteiger partial charge in [0.2, 0.25) is 0 Å². The van der Waals surface area contributed by atoms with E-state index in [1.807, 2.05) is 6.26 Å². The Morgan fingerprint density at radius 1 is 1.29 bits per heavy atom. The predicted molar refractivity (Wildman–Crippen MR) is 68.9 cm³/mol. The maximum Gasteiger partial charge on any atom is 0.108 e. The van der Waals surface area contributed by atoms with Gasteiger partial charge in [-0.05, 0) is 50.6 Å². The Bertz CT molecular complexity index is 393. The molecule has 0 aromatic carbocycles. The Kier molecular flexibility index (Phi) is 3.32. The second-order valence-corrected chi connectivity index (χ2v) is 5.30. The molecule has 92 valence electrons. The highest BCUT2D eigenvalue weighted by Gasteiger charge is 2.22. The molecule has 2 aliphatic rings. The Morgan fingerprint density at radius 3 is 3.18 bits per heavy atom. The fourth-order valence-corrected chi connectivity index (χ4v) is 3.05. The molecule has 0 saturated heterocycles. The summed E-state index contributed by atoms with van der Waals surface area (Å²) in [6, 6.07) is 2.68. The number of nitrogens with one attached hydrogen (secondary N) is 1. The summed E-state index contributed by atoms with van der Waals surface area (Å²) in [4.78, 5) is 0. The predicted octanol–water partition coefficient (Wildman–Crippen LogP) is 3.60. The van der Waals surface area contributed by atoms with Crippen molar-refractivity contribution in [3.8, 4) is 0 Å². The number of allylic oxidation sites excluding steroid dienone is 2. The van der Waals surface area contributed by atoms with Crippen LogP contribution in [0.2, 0.25) is 0 Å². The summed E-state index contributed by atoms with van der Waals surface area (Å²) in [5, 5.41) is 3.74. The van der Waals surface area contributed by atoms with Gasteiger partial charge in [-0.1, -0.05) is 12.2 Å². The van der Waals surface area contributed by atoms with Crippen LogP contribution in [0.25, 0.3) is 0 Å². The number of rotatable bonds is 3. The van der Waals surface area contributed by atoms with E-state index >= 15 is 0 Å². The van der Waals surface area contributed by atoms with Crippen LogP contribution in [0, 0.1) is 5.92 Å². The zero-order valence-corrected chi connectivity index (χ0v) is 10.3. The maximum atomic E-state index is 5.53. The lowest BCUT2D eigenvalue weighted by Gasteiger charge is -2.26. The third-order valence-electron chi connectivity index (χ3n) is 4.08. The molecule has 1 aromatic heterocycles. The molecule has 0 spiro atoms. The van der Waals surface area contributed by atoms with E-state index in [-0.39, 0.29) is 0 Å². The molecule has 2 atom stereocenters. The van der Waals surface area contributed by atoms with Crippen LogP contribution in [0.15, 0.2) is 28.9 Å². The van der Waals surface area contributed by atoms with Gasteiger partial charge in [-0.25, -0.2) is 0 Å². The van der Waals surface area contributed by atoms with Crippen molar-refractivity contribution in [3.05, 3.63) is 35.8 Å². The minimum absolute atomic E-state index is 0.531. The monoisotopic (exact) mass is 231 g/mol. The number of hydrogen-bond donors (Lipinski definition) is 1. The van der Waals surface area contributed by atoms with Gasteiger partial charge in [-0.3, -0.25) is 0 Å². The lowest BCUT2D eigenvalue weighted by molar-refractivity contribution is 0.367. The van der Waals surface area contributed by atoms with Crippen LogP contribution in [0.4, 0.5) is 0 Å². The molecule has 2 aliphatic carbocycles. The summed E-state index contributed by atoms with van der Waals surface area (Å²) in [7, 11) is 0. The Balaban J connectivity index is 1.58. The molecule has 0 amide bonds. The zero-order valence-electron chi connectivity index (χ0n) is 10.3. The minimum atomic E-state index is 0.531. The third kappa shape index (κ3) is 2.47. The molecule has 0 radical (unpaired) electrons. The normalized spacial score (nSPS) is 28.0. The average molecular weight is 231 g/mol. The summed E-state index contributed by atoms with van der Waals surface area (Å²) >= 11 is 0. The fourth-order valence-electron chi connectivity index (χ4n) is 3.05. The van der Waals surface area contributed by atoms with Crippen LogP contribution in [0.1, 0.15) is 49.5 Å². The number of aryl methyl sites for hydroxylation is 1. The van der Waals surface area contributed by atoms with Crippen molar-refractivity contribution in [3.63, 3.8) is 0 Å². The standard InChI is InChI=1S/C15H21NO/c1-2-5-12(6-3-1)11-16-14-7-4-8-15-13(14)9-10-17-15/h1-2,9-10,12,14,16H,3-8,11H2. The molecule has 0 bridgehead atoms. The SMILES string of the molecule is C1=CCC(CNC2CCCc3occc32)CC1. The first kappa shape index (κ1) is 11.1. The van der Waals surface area contributed by atoms with Crippen molar-refractivity contribution in [1.82, 2.24) is 5.32 Å². The molecule has 0 saturated carbocycles. The van der Waals surface area contributed by atoms with Gasteiger partial charge in [0, 0.05) is 18.0 Å². The number of fused-ring (bicyclic) bond motifs is 1. The minimum Gasteiger partial charge on any atom is -0.469 e. The van der Waals surface area contributed by atoms with Crippen LogP contribution >= 0.6 is 0 Å². The smallest absolute Gasteiger partial charge is 0.108 e.